The average Bonchev–Trinajstić information content (AvgIpc) is 2.38. The summed E-state index contributed by atoms with van der Waals surface area (Å²) in [4.78, 5) is 5.10. The third-order valence-corrected chi connectivity index (χ3v) is 5.12. The van der Waals surface area contributed by atoms with Crippen molar-refractivity contribution >= 4 is 0 Å². The van der Waals surface area contributed by atoms with Gasteiger partial charge in [0.15, 0.2) is 0 Å². The molecule has 23 heavy (non-hydrogen) atoms. The zero-order valence-electron chi connectivity index (χ0n) is 16.5. The van der Waals surface area contributed by atoms with Gasteiger partial charge in [0, 0.05) is 24.2 Å². The van der Waals surface area contributed by atoms with Gasteiger partial charge in [0.25, 0.3) is 0 Å². The minimum absolute atomic E-state index is 0. The zero-order chi connectivity index (χ0) is 17.0. The van der Waals surface area contributed by atoms with Crippen molar-refractivity contribution in [3.05, 3.63) is 11.6 Å². The molecule has 2 heteroatoms. The molecule has 2 rings (SSSR count). The van der Waals surface area contributed by atoms with Crippen LogP contribution in [-0.4, -0.2) is 47.1 Å². The summed E-state index contributed by atoms with van der Waals surface area (Å²) in [5.74, 6) is 0.952. The zero-order valence-corrected chi connectivity index (χ0v) is 16.5. The largest absolute Gasteiger partial charge is 0.298 e. The Morgan fingerprint density at radius 1 is 0.870 bits per heavy atom. The molecule has 0 N–H and O–H groups in total. The van der Waals surface area contributed by atoms with Crippen LogP contribution < -0.4 is 0 Å². The molecule has 2 heterocycles. The minimum Gasteiger partial charge on any atom is -0.298 e. The van der Waals surface area contributed by atoms with Crippen LogP contribution in [0.15, 0.2) is 11.6 Å². The first-order valence-electron chi connectivity index (χ1n) is 9.16. The summed E-state index contributed by atoms with van der Waals surface area (Å²) < 4.78 is 0. The van der Waals surface area contributed by atoms with Crippen molar-refractivity contribution < 1.29 is 0 Å². The van der Waals surface area contributed by atoms with E-state index < -0.39 is 0 Å². The highest BCUT2D eigenvalue weighted by molar-refractivity contribution is 5.05. The third-order valence-electron chi connectivity index (χ3n) is 5.12. The van der Waals surface area contributed by atoms with E-state index in [0.717, 1.165) is 12.5 Å². The number of piperidine rings is 1. The van der Waals surface area contributed by atoms with Crippen LogP contribution in [0, 0.1) is 5.92 Å². The summed E-state index contributed by atoms with van der Waals surface area (Å²) in [6.07, 6.45) is 6.36. The quantitative estimate of drug-likeness (QED) is 0.536. The van der Waals surface area contributed by atoms with E-state index in [1.165, 1.54) is 38.9 Å². The summed E-state index contributed by atoms with van der Waals surface area (Å²) in [7, 11) is 0. The van der Waals surface area contributed by atoms with Crippen molar-refractivity contribution in [2.24, 2.45) is 5.92 Å². The molecule has 2 aliphatic heterocycles. The van der Waals surface area contributed by atoms with Gasteiger partial charge in [0.1, 0.15) is 0 Å². The molecular weight excluding hydrogens is 280 g/mol. The third kappa shape index (κ3) is 8.35. The van der Waals surface area contributed by atoms with Gasteiger partial charge in [-0.1, -0.05) is 26.0 Å². The summed E-state index contributed by atoms with van der Waals surface area (Å²) in [6.45, 7) is 23.3. The second-order valence-corrected chi connectivity index (χ2v) is 9.26. The van der Waals surface area contributed by atoms with Crippen LogP contribution in [-0.2, 0) is 0 Å². The van der Waals surface area contributed by atoms with Crippen LogP contribution in [0.5, 0.6) is 0 Å². The molecular formula is C21H44N2. The molecule has 0 unspecified atom stereocenters. The molecule has 0 aromatic heterocycles. The summed E-state index contributed by atoms with van der Waals surface area (Å²) >= 11 is 0. The van der Waals surface area contributed by atoms with E-state index in [1.807, 2.05) is 0 Å². The monoisotopic (exact) mass is 324 g/mol. The van der Waals surface area contributed by atoms with Gasteiger partial charge >= 0.3 is 0 Å². The average molecular weight is 325 g/mol. The molecule has 0 atom stereocenters. The molecule has 1 saturated heterocycles. The minimum atomic E-state index is 0. The maximum absolute atomic E-state index is 2.59. The lowest BCUT2D eigenvalue weighted by Gasteiger charge is -2.40. The van der Waals surface area contributed by atoms with Gasteiger partial charge < -0.3 is 0 Å². The molecule has 0 radical (unpaired) electrons. The van der Waals surface area contributed by atoms with Gasteiger partial charge in [0.2, 0.25) is 0 Å². The number of hydrogen-bond acceptors (Lipinski definition) is 2. The second-order valence-electron chi connectivity index (χ2n) is 9.26. The second kappa shape index (κ2) is 9.22. The van der Waals surface area contributed by atoms with Crippen molar-refractivity contribution in [1.82, 2.24) is 9.80 Å². The topological polar surface area (TPSA) is 6.48 Å². The Balaban J connectivity index is 0.000000403. The molecule has 0 aliphatic carbocycles. The predicted octanol–water partition coefficient (Wildman–Crippen LogP) is 5.59. The number of hydrogen-bond donors (Lipinski definition) is 0. The smallest absolute Gasteiger partial charge is 0.0171 e. The number of rotatable bonds is 0. The number of nitrogens with zero attached hydrogens (tertiary/aromatic N) is 2. The van der Waals surface area contributed by atoms with Crippen molar-refractivity contribution in [3.63, 3.8) is 0 Å². The molecule has 138 valence electrons. The van der Waals surface area contributed by atoms with Crippen LogP contribution in [0.4, 0.5) is 0 Å². The molecule has 0 aromatic carbocycles. The molecule has 0 amide bonds. The van der Waals surface area contributed by atoms with Gasteiger partial charge in [-0.25, -0.2) is 0 Å². The van der Waals surface area contributed by atoms with E-state index >= 15 is 0 Å². The van der Waals surface area contributed by atoms with Crippen molar-refractivity contribution in [2.75, 3.05) is 26.2 Å². The van der Waals surface area contributed by atoms with E-state index in [-0.39, 0.29) is 7.43 Å². The summed E-state index contributed by atoms with van der Waals surface area (Å²) in [5.41, 5.74) is 2.28. The first kappa shape index (κ1) is 22.7. The Morgan fingerprint density at radius 3 is 1.70 bits per heavy atom. The maximum atomic E-state index is 2.59. The molecule has 0 spiro atoms. The Kier molecular flexibility index (Phi) is 9.09. The van der Waals surface area contributed by atoms with Crippen LogP contribution in [0.3, 0.4) is 0 Å². The first-order valence-corrected chi connectivity index (χ1v) is 9.16. The van der Waals surface area contributed by atoms with E-state index in [1.54, 1.807) is 5.57 Å². The molecule has 0 saturated carbocycles. The first-order chi connectivity index (χ1) is 10.00. The van der Waals surface area contributed by atoms with Gasteiger partial charge in [-0.3, -0.25) is 9.80 Å². The van der Waals surface area contributed by atoms with Crippen molar-refractivity contribution in [3.8, 4) is 0 Å². The molecule has 2 nitrogen and oxygen atoms in total. The lowest BCUT2D eigenvalue weighted by Crippen LogP contribution is -2.45. The lowest BCUT2D eigenvalue weighted by atomic mass is 9.95. The molecule has 2 aliphatic rings. The van der Waals surface area contributed by atoms with E-state index in [9.17, 15) is 0 Å². The highest BCUT2D eigenvalue weighted by Gasteiger charge is 2.24. The number of likely N-dealkylation sites (tertiary alicyclic amines) is 1. The Morgan fingerprint density at radius 2 is 1.35 bits per heavy atom. The van der Waals surface area contributed by atoms with E-state index in [4.69, 9.17) is 0 Å². The van der Waals surface area contributed by atoms with Crippen LogP contribution in [0.25, 0.3) is 0 Å². The SMILES string of the molecule is C.CC1=CCN(C(C)(C)C)CC1.CC1CCN(C(C)(C)C)CC1. The van der Waals surface area contributed by atoms with Gasteiger partial charge in [-0.2, -0.15) is 0 Å². The lowest BCUT2D eigenvalue weighted by molar-refractivity contribution is 0.0916. The Bertz CT molecular complexity index is 349. The van der Waals surface area contributed by atoms with Crippen LogP contribution in [0.2, 0.25) is 0 Å². The summed E-state index contributed by atoms with van der Waals surface area (Å²) in [6, 6.07) is 0. The Labute approximate surface area is 147 Å². The van der Waals surface area contributed by atoms with E-state index in [2.05, 4.69) is 71.3 Å². The van der Waals surface area contributed by atoms with Crippen LogP contribution >= 0.6 is 0 Å². The fraction of sp³-hybridized carbons (Fsp3) is 0.905. The molecule has 0 bridgehead atoms. The predicted molar refractivity (Wildman–Crippen MR) is 106 cm³/mol. The highest BCUT2D eigenvalue weighted by Crippen LogP contribution is 2.22. The molecule has 0 aromatic rings. The molecule has 1 fully saturated rings. The van der Waals surface area contributed by atoms with Gasteiger partial charge in [0.05, 0.1) is 0 Å². The maximum Gasteiger partial charge on any atom is 0.0171 e. The van der Waals surface area contributed by atoms with Crippen LogP contribution in [0.1, 0.15) is 82.1 Å². The fourth-order valence-electron chi connectivity index (χ4n) is 3.06. The standard InChI is InChI=1S/C10H21N.C10H19N.CH4/c2*1-9-5-7-11(8-6-9)10(2,3)4;/h9H,5-8H2,1-4H3;5H,6-8H2,1-4H3;1H4. The normalized spacial score (nSPS) is 21.8. The van der Waals surface area contributed by atoms with Gasteiger partial charge in [-0.05, 0) is 86.7 Å². The highest BCUT2D eigenvalue weighted by atomic mass is 15.2. The van der Waals surface area contributed by atoms with E-state index in [0.29, 0.717) is 11.1 Å². The summed E-state index contributed by atoms with van der Waals surface area (Å²) in [5, 5.41) is 0. The van der Waals surface area contributed by atoms with Gasteiger partial charge in [-0.15, -0.1) is 0 Å². The van der Waals surface area contributed by atoms with Crippen molar-refractivity contribution in [2.45, 2.75) is 93.2 Å². The Hall–Kier alpha value is -0.340. The fourth-order valence-corrected chi connectivity index (χ4v) is 3.06. The van der Waals surface area contributed by atoms with Crippen molar-refractivity contribution in [1.29, 1.82) is 0 Å².